The summed E-state index contributed by atoms with van der Waals surface area (Å²) in [4.78, 5) is 0.0999. The molecule has 9 heteroatoms. The molecule has 0 heterocycles. The van der Waals surface area contributed by atoms with E-state index < -0.39 is 26.1 Å². The van der Waals surface area contributed by atoms with E-state index in [9.17, 15) is 16.8 Å². The van der Waals surface area contributed by atoms with Gasteiger partial charge in [-0.1, -0.05) is 46.3 Å². The summed E-state index contributed by atoms with van der Waals surface area (Å²) < 4.78 is 54.2. The van der Waals surface area contributed by atoms with Crippen molar-refractivity contribution >= 4 is 36.0 Å². The van der Waals surface area contributed by atoms with Crippen LogP contribution in [0.3, 0.4) is 0 Å². The van der Waals surface area contributed by atoms with Crippen molar-refractivity contribution in [2.45, 2.75) is 17.9 Å². The summed E-state index contributed by atoms with van der Waals surface area (Å²) in [6.07, 6.45) is 0. The summed E-state index contributed by atoms with van der Waals surface area (Å²) in [5.74, 6) is -0.350. The standard InChI is InChI=1S/C16H19BrN2O4S2/c1-13(14-6-5-7-15(17)12-14)19-24(20,21)11-10-18-25(22,23)16-8-3-2-4-9-16/h2-9,12-13,18-19H,10-11H2,1H3/t13-/m0/s1. The van der Waals surface area contributed by atoms with E-state index in [4.69, 9.17) is 0 Å². The van der Waals surface area contributed by atoms with Gasteiger partial charge in [-0.3, -0.25) is 0 Å². The lowest BCUT2D eigenvalue weighted by molar-refractivity contribution is 0.564. The molecule has 2 N–H and O–H groups in total. The minimum atomic E-state index is -3.72. The molecule has 0 bridgehead atoms. The maximum atomic E-state index is 12.2. The maximum absolute atomic E-state index is 12.2. The number of halogens is 1. The van der Waals surface area contributed by atoms with Gasteiger partial charge in [0, 0.05) is 17.1 Å². The SMILES string of the molecule is C[C@H](NS(=O)(=O)CCNS(=O)(=O)c1ccccc1)c1cccc(Br)c1. The first-order valence-corrected chi connectivity index (χ1v) is 11.4. The van der Waals surface area contributed by atoms with Gasteiger partial charge in [-0.05, 0) is 36.8 Å². The zero-order valence-electron chi connectivity index (χ0n) is 13.5. The zero-order chi connectivity index (χ0) is 18.5. The molecule has 0 spiro atoms. The van der Waals surface area contributed by atoms with Crippen LogP contribution in [0, 0.1) is 0 Å². The predicted molar refractivity (Wildman–Crippen MR) is 101 cm³/mol. The average Bonchev–Trinajstić information content (AvgIpc) is 2.55. The number of benzene rings is 2. The molecule has 0 saturated heterocycles. The third-order valence-electron chi connectivity index (χ3n) is 3.42. The van der Waals surface area contributed by atoms with Crippen LogP contribution in [-0.2, 0) is 20.0 Å². The average molecular weight is 447 g/mol. The molecule has 136 valence electrons. The topological polar surface area (TPSA) is 92.3 Å². The Morgan fingerprint density at radius 1 is 1.00 bits per heavy atom. The van der Waals surface area contributed by atoms with E-state index in [0.717, 1.165) is 10.0 Å². The molecule has 0 aliphatic heterocycles. The van der Waals surface area contributed by atoms with Gasteiger partial charge >= 0.3 is 0 Å². The van der Waals surface area contributed by atoms with Crippen LogP contribution in [0.1, 0.15) is 18.5 Å². The first kappa shape index (κ1) is 20.1. The lowest BCUT2D eigenvalue weighted by atomic mass is 10.1. The quantitative estimate of drug-likeness (QED) is 0.650. The Morgan fingerprint density at radius 3 is 2.32 bits per heavy atom. The van der Waals surface area contributed by atoms with Gasteiger partial charge in [-0.15, -0.1) is 0 Å². The summed E-state index contributed by atoms with van der Waals surface area (Å²) in [7, 11) is -7.36. The molecule has 2 aromatic carbocycles. The summed E-state index contributed by atoms with van der Waals surface area (Å²) in [6.45, 7) is 1.52. The molecule has 25 heavy (non-hydrogen) atoms. The van der Waals surface area contributed by atoms with E-state index in [1.807, 2.05) is 24.3 Å². The smallest absolute Gasteiger partial charge is 0.212 e. The zero-order valence-corrected chi connectivity index (χ0v) is 16.7. The second kappa shape index (κ2) is 8.41. The maximum Gasteiger partial charge on any atom is 0.240 e. The third kappa shape index (κ3) is 6.19. The van der Waals surface area contributed by atoms with Gasteiger partial charge in [0.25, 0.3) is 0 Å². The number of hydrogen-bond acceptors (Lipinski definition) is 4. The molecular formula is C16H19BrN2O4S2. The largest absolute Gasteiger partial charge is 0.240 e. The predicted octanol–water partition coefficient (Wildman–Crippen LogP) is 2.41. The molecule has 0 aliphatic carbocycles. The van der Waals surface area contributed by atoms with Crippen LogP contribution < -0.4 is 9.44 Å². The monoisotopic (exact) mass is 446 g/mol. The molecular weight excluding hydrogens is 428 g/mol. The molecule has 0 aromatic heterocycles. The van der Waals surface area contributed by atoms with Crippen LogP contribution in [-0.4, -0.2) is 29.1 Å². The van der Waals surface area contributed by atoms with Crippen LogP contribution in [0.5, 0.6) is 0 Å². The Bertz CT molecular complexity index is 916. The Labute approximate surface area is 156 Å². The summed E-state index contributed by atoms with van der Waals surface area (Å²) in [6, 6.07) is 14.7. The second-order valence-electron chi connectivity index (χ2n) is 5.42. The van der Waals surface area contributed by atoms with Crippen molar-refractivity contribution in [1.29, 1.82) is 0 Å². The third-order valence-corrected chi connectivity index (χ3v) is 6.85. The van der Waals surface area contributed by atoms with E-state index in [-0.39, 0.29) is 17.2 Å². The molecule has 6 nitrogen and oxygen atoms in total. The summed E-state index contributed by atoms with van der Waals surface area (Å²) in [5, 5.41) is 0. The van der Waals surface area contributed by atoms with Crippen LogP contribution in [0.25, 0.3) is 0 Å². The van der Waals surface area contributed by atoms with Crippen molar-refractivity contribution in [3.05, 3.63) is 64.6 Å². The number of sulfonamides is 2. The first-order valence-electron chi connectivity index (χ1n) is 7.50. The fraction of sp³-hybridized carbons (Fsp3) is 0.250. The number of nitrogens with one attached hydrogen (secondary N) is 2. The van der Waals surface area contributed by atoms with Crippen molar-refractivity contribution in [1.82, 2.24) is 9.44 Å². The molecule has 2 rings (SSSR count). The second-order valence-corrected chi connectivity index (χ2v) is 9.98. The molecule has 0 unspecified atom stereocenters. The van der Waals surface area contributed by atoms with Gasteiger partial charge in [-0.2, -0.15) is 0 Å². The van der Waals surface area contributed by atoms with Gasteiger partial charge in [-0.25, -0.2) is 26.3 Å². The first-order chi connectivity index (χ1) is 11.7. The Balaban J connectivity index is 1.93. The van der Waals surface area contributed by atoms with E-state index in [1.54, 1.807) is 25.1 Å². The van der Waals surface area contributed by atoms with E-state index >= 15 is 0 Å². The van der Waals surface area contributed by atoms with Crippen LogP contribution in [0.4, 0.5) is 0 Å². The number of hydrogen-bond donors (Lipinski definition) is 2. The molecule has 0 saturated carbocycles. The highest BCUT2D eigenvalue weighted by atomic mass is 79.9. The van der Waals surface area contributed by atoms with Gasteiger partial charge in [0.05, 0.1) is 10.6 Å². The van der Waals surface area contributed by atoms with E-state index in [0.29, 0.717) is 0 Å². The molecule has 2 aromatic rings. The lowest BCUT2D eigenvalue weighted by Gasteiger charge is -2.15. The van der Waals surface area contributed by atoms with Gasteiger partial charge in [0.15, 0.2) is 0 Å². The van der Waals surface area contributed by atoms with Gasteiger partial charge in [0.1, 0.15) is 0 Å². The van der Waals surface area contributed by atoms with Crippen molar-refractivity contribution in [3.8, 4) is 0 Å². The Morgan fingerprint density at radius 2 is 1.68 bits per heavy atom. The minimum absolute atomic E-state index is 0.0999. The molecule has 1 atom stereocenters. The lowest BCUT2D eigenvalue weighted by Crippen LogP contribution is -2.35. The van der Waals surface area contributed by atoms with Crippen LogP contribution in [0.15, 0.2) is 64.0 Å². The summed E-state index contributed by atoms with van der Waals surface area (Å²) in [5.41, 5.74) is 0.808. The van der Waals surface area contributed by atoms with Crippen molar-refractivity contribution in [3.63, 3.8) is 0 Å². The van der Waals surface area contributed by atoms with Crippen molar-refractivity contribution in [2.24, 2.45) is 0 Å². The van der Waals surface area contributed by atoms with Gasteiger partial charge in [0.2, 0.25) is 20.0 Å². The van der Waals surface area contributed by atoms with E-state index in [2.05, 4.69) is 25.4 Å². The molecule has 0 fully saturated rings. The van der Waals surface area contributed by atoms with Gasteiger partial charge < -0.3 is 0 Å². The highest BCUT2D eigenvalue weighted by Gasteiger charge is 2.18. The Hall–Kier alpha value is -1.26. The van der Waals surface area contributed by atoms with Crippen LogP contribution in [0.2, 0.25) is 0 Å². The number of rotatable bonds is 8. The minimum Gasteiger partial charge on any atom is -0.212 e. The fourth-order valence-corrected chi connectivity index (χ4v) is 4.93. The molecule has 0 amide bonds. The Kier molecular flexibility index (Phi) is 6.75. The molecule has 0 radical (unpaired) electrons. The normalized spacial score (nSPS) is 13.5. The van der Waals surface area contributed by atoms with E-state index in [1.165, 1.54) is 12.1 Å². The summed E-state index contributed by atoms with van der Waals surface area (Å²) >= 11 is 3.34. The van der Waals surface area contributed by atoms with Crippen molar-refractivity contribution in [2.75, 3.05) is 12.3 Å². The fourth-order valence-electron chi connectivity index (χ4n) is 2.17. The highest BCUT2D eigenvalue weighted by molar-refractivity contribution is 9.10. The highest BCUT2D eigenvalue weighted by Crippen LogP contribution is 2.18. The van der Waals surface area contributed by atoms with Crippen molar-refractivity contribution < 1.29 is 16.8 Å². The molecule has 0 aliphatic rings. The van der Waals surface area contributed by atoms with Crippen LogP contribution >= 0.6 is 15.9 Å².